The quantitative estimate of drug-likeness (QED) is 0.813. The van der Waals surface area contributed by atoms with Crippen LogP contribution in [-0.4, -0.2) is 56.6 Å². The molecule has 3 fully saturated rings. The number of carbonyl (C=O) groups is 1. The van der Waals surface area contributed by atoms with E-state index in [1.54, 1.807) is 0 Å². The standard InChI is InChI=1S/C19H25N5O2/c25-9-7-16-11-24(22-21-16)12-17-10-14-6-8-23(17)13-18(14)19(26)20-15-4-2-1-3-5-15/h1-5,11,14,17-18,25H,6-10,12-13H2,(H,20,26)/t14-,17+,18-/m0/s1. The first kappa shape index (κ1) is 17.2. The Morgan fingerprint density at radius 1 is 1.31 bits per heavy atom. The van der Waals surface area contributed by atoms with Crippen molar-refractivity contribution in [3.05, 3.63) is 42.2 Å². The van der Waals surface area contributed by atoms with Gasteiger partial charge >= 0.3 is 0 Å². The van der Waals surface area contributed by atoms with Crippen molar-refractivity contribution in [2.45, 2.75) is 31.8 Å². The van der Waals surface area contributed by atoms with Crippen molar-refractivity contribution in [1.82, 2.24) is 19.9 Å². The monoisotopic (exact) mass is 355 g/mol. The summed E-state index contributed by atoms with van der Waals surface area (Å²) in [6, 6.07) is 10.1. The smallest absolute Gasteiger partial charge is 0.229 e. The van der Waals surface area contributed by atoms with Crippen LogP contribution in [0, 0.1) is 11.8 Å². The number of piperidine rings is 3. The lowest BCUT2D eigenvalue weighted by Crippen LogP contribution is -2.57. The van der Waals surface area contributed by atoms with Crippen LogP contribution in [0.15, 0.2) is 36.5 Å². The Morgan fingerprint density at radius 3 is 2.88 bits per heavy atom. The number of fused-ring (bicyclic) bond motifs is 3. The molecule has 2 N–H and O–H groups in total. The fourth-order valence-electron chi connectivity index (χ4n) is 4.25. The minimum Gasteiger partial charge on any atom is -0.396 e. The van der Waals surface area contributed by atoms with Crippen molar-refractivity contribution in [2.75, 3.05) is 25.0 Å². The van der Waals surface area contributed by atoms with Gasteiger partial charge in [-0.1, -0.05) is 23.4 Å². The highest BCUT2D eigenvalue weighted by atomic mass is 16.3. The Kier molecular flexibility index (Phi) is 4.99. The lowest BCUT2D eigenvalue weighted by atomic mass is 9.75. The SMILES string of the molecule is O=C(Nc1ccccc1)[C@H]1CN2CC[C@H]1C[C@@H]2Cn1cc(CCO)nn1. The predicted octanol–water partition coefficient (Wildman–Crippen LogP) is 1.16. The van der Waals surface area contributed by atoms with E-state index >= 15 is 0 Å². The highest BCUT2D eigenvalue weighted by molar-refractivity contribution is 5.93. The van der Waals surface area contributed by atoms with E-state index < -0.39 is 0 Å². The van der Waals surface area contributed by atoms with E-state index in [9.17, 15) is 4.79 Å². The average molecular weight is 355 g/mol. The van der Waals surface area contributed by atoms with Crippen LogP contribution in [-0.2, 0) is 17.8 Å². The first-order valence-corrected chi connectivity index (χ1v) is 9.33. The third-order valence-electron chi connectivity index (χ3n) is 5.61. The van der Waals surface area contributed by atoms with Gasteiger partial charge in [0.1, 0.15) is 0 Å². The van der Waals surface area contributed by atoms with Crippen LogP contribution in [0.5, 0.6) is 0 Å². The Bertz CT molecular complexity index is 747. The minimum absolute atomic E-state index is 0.0564. The fraction of sp³-hybridized carbons (Fsp3) is 0.526. The van der Waals surface area contributed by atoms with E-state index in [1.165, 1.54) is 0 Å². The molecule has 3 saturated heterocycles. The van der Waals surface area contributed by atoms with Crippen molar-refractivity contribution in [3.8, 4) is 0 Å². The van der Waals surface area contributed by atoms with Crippen LogP contribution >= 0.6 is 0 Å². The highest BCUT2D eigenvalue weighted by Gasteiger charge is 2.43. The number of benzene rings is 1. The zero-order chi connectivity index (χ0) is 17.9. The molecular weight excluding hydrogens is 330 g/mol. The molecule has 1 unspecified atom stereocenters. The topological polar surface area (TPSA) is 83.3 Å². The molecule has 0 spiro atoms. The summed E-state index contributed by atoms with van der Waals surface area (Å²) in [4.78, 5) is 15.1. The minimum atomic E-state index is 0.0564. The number of anilines is 1. The molecule has 1 aromatic heterocycles. The highest BCUT2D eigenvalue weighted by Crippen LogP contribution is 2.37. The predicted molar refractivity (Wildman–Crippen MR) is 97.5 cm³/mol. The zero-order valence-corrected chi connectivity index (χ0v) is 14.8. The number of nitrogens with one attached hydrogen (secondary N) is 1. The first-order chi connectivity index (χ1) is 12.7. The summed E-state index contributed by atoms with van der Waals surface area (Å²) in [6.45, 7) is 2.74. The molecular formula is C19H25N5O2. The molecule has 3 aliphatic heterocycles. The van der Waals surface area contributed by atoms with E-state index in [0.29, 0.717) is 18.4 Å². The third-order valence-corrected chi connectivity index (χ3v) is 5.61. The number of amides is 1. The number of aliphatic hydroxyl groups excluding tert-OH is 1. The summed E-state index contributed by atoms with van der Waals surface area (Å²) in [6.07, 6.45) is 4.55. The molecule has 138 valence electrons. The third kappa shape index (κ3) is 3.64. The van der Waals surface area contributed by atoms with Gasteiger partial charge in [-0.3, -0.25) is 14.4 Å². The largest absolute Gasteiger partial charge is 0.396 e. The molecule has 4 heterocycles. The van der Waals surface area contributed by atoms with Crippen molar-refractivity contribution in [2.24, 2.45) is 11.8 Å². The molecule has 5 rings (SSSR count). The molecule has 3 aliphatic rings. The van der Waals surface area contributed by atoms with Gasteiger partial charge in [-0.05, 0) is 37.4 Å². The maximum Gasteiger partial charge on any atom is 0.229 e. The van der Waals surface area contributed by atoms with E-state index in [4.69, 9.17) is 5.11 Å². The fourth-order valence-corrected chi connectivity index (χ4v) is 4.25. The summed E-state index contributed by atoms with van der Waals surface area (Å²) in [5.74, 6) is 0.616. The van der Waals surface area contributed by atoms with E-state index in [2.05, 4.69) is 20.5 Å². The van der Waals surface area contributed by atoms with Crippen molar-refractivity contribution in [3.63, 3.8) is 0 Å². The van der Waals surface area contributed by atoms with Crippen molar-refractivity contribution >= 4 is 11.6 Å². The number of para-hydroxylation sites is 1. The Morgan fingerprint density at radius 2 is 2.15 bits per heavy atom. The second-order valence-electron chi connectivity index (χ2n) is 7.30. The van der Waals surface area contributed by atoms with Crippen LogP contribution in [0.4, 0.5) is 5.69 Å². The van der Waals surface area contributed by atoms with Crippen LogP contribution in [0.2, 0.25) is 0 Å². The van der Waals surface area contributed by atoms with Gasteiger partial charge in [0.2, 0.25) is 5.91 Å². The molecule has 1 aromatic carbocycles. The number of hydrogen-bond acceptors (Lipinski definition) is 5. The van der Waals surface area contributed by atoms with Gasteiger partial charge in [0, 0.05) is 37.5 Å². The van der Waals surface area contributed by atoms with Gasteiger partial charge in [-0.15, -0.1) is 5.10 Å². The molecule has 7 nitrogen and oxygen atoms in total. The van der Waals surface area contributed by atoms with Gasteiger partial charge in [-0.2, -0.15) is 0 Å². The maximum absolute atomic E-state index is 12.7. The average Bonchev–Trinajstić information content (AvgIpc) is 3.10. The first-order valence-electron chi connectivity index (χ1n) is 9.33. The van der Waals surface area contributed by atoms with Gasteiger partial charge in [0.15, 0.2) is 0 Å². The number of hydrogen-bond donors (Lipinski definition) is 2. The normalized spacial score (nSPS) is 27.4. The summed E-state index contributed by atoms with van der Waals surface area (Å²) >= 11 is 0. The molecule has 2 aromatic rings. The van der Waals surface area contributed by atoms with Crippen LogP contribution in [0.3, 0.4) is 0 Å². The van der Waals surface area contributed by atoms with Crippen LogP contribution in [0.1, 0.15) is 18.5 Å². The number of aliphatic hydroxyl groups is 1. The Hall–Kier alpha value is -2.25. The molecule has 26 heavy (non-hydrogen) atoms. The van der Waals surface area contributed by atoms with Crippen molar-refractivity contribution < 1.29 is 9.90 Å². The second-order valence-corrected chi connectivity index (χ2v) is 7.30. The number of aromatic nitrogens is 3. The van der Waals surface area contributed by atoms with Gasteiger partial charge in [-0.25, -0.2) is 0 Å². The van der Waals surface area contributed by atoms with E-state index in [1.807, 2.05) is 41.2 Å². The molecule has 0 aliphatic carbocycles. The molecule has 4 atom stereocenters. The summed E-state index contributed by atoms with van der Waals surface area (Å²) < 4.78 is 1.87. The zero-order valence-electron chi connectivity index (χ0n) is 14.8. The lowest BCUT2D eigenvalue weighted by Gasteiger charge is -2.49. The Balaban J connectivity index is 1.37. The van der Waals surface area contributed by atoms with Crippen LogP contribution < -0.4 is 5.32 Å². The molecule has 0 radical (unpaired) electrons. The summed E-state index contributed by atoms with van der Waals surface area (Å²) in [7, 11) is 0. The van der Waals surface area contributed by atoms with Gasteiger partial charge in [0.05, 0.1) is 18.2 Å². The maximum atomic E-state index is 12.7. The molecule has 0 saturated carbocycles. The Labute approximate surface area is 153 Å². The van der Waals surface area contributed by atoms with E-state index in [0.717, 1.165) is 43.9 Å². The number of nitrogens with zero attached hydrogens (tertiary/aromatic N) is 4. The van der Waals surface area contributed by atoms with Crippen molar-refractivity contribution in [1.29, 1.82) is 0 Å². The number of carbonyl (C=O) groups excluding carboxylic acids is 1. The summed E-state index contributed by atoms with van der Waals surface area (Å²) in [5.41, 5.74) is 1.69. The lowest BCUT2D eigenvalue weighted by molar-refractivity contribution is -0.127. The molecule has 7 heteroatoms. The van der Waals surface area contributed by atoms with E-state index in [-0.39, 0.29) is 18.4 Å². The van der Waals surface area contributed by atoms with Gasteiger partial charge < -0.3 is 10.4 Å². The molecule has 2 bridgehead atoms. The van der Waals surface area contributed by atoms with Gasteiger partial charge in [0.25, 0.3) is 0 Å². The summed E-state index contributed by atoms with van der Waals surface area (Å²) in [5, 5.41) is 20.3. The number of rotatable bonds is 6. The molecule has 1 amide bonds. The van der Waals surface area contributed by atoms with Crippen LogP contribution in [0.25, 0.3) is 0 Å². The second kappa shape index (κ2) is 7.55.